The second kappa shape index (κ2) is 10.9. The summed E-state index contributed by atoms with van der Waals surface area (Å²) in [6.45, 7) is 3.17. The minimum Gasteiger partial charge on any atom is -0.481 e. The monoisotopic (exact) mass is 481 g/mol. The molecular weight excluding hydrogens is 438 g/mol. The van der Waals surface area contributed by atoms with Crippen molar-refractivity contribution in [2.45, 2.75) is 108 Å². The van der Waals surface area contributed by atoms with Gasteiger partial charge in [0.05, 0.1) is 5.92 Å². The number of nitrogens with zero attached hydrogens (tertiary/aromatic N) is 3. The number of carboxylic acids is 1. The zero-order valence-electron chi connectivity index (χ0n) is 21.4. The summed E-state index contributed by atoms with van der Waals surface area (Å²) in [5.74, 6) is -0.347. The minimum atomic E-state index is -0.789. The van der Waals surface area contributed by atoms with Gasteiger partial charge in [0.25, 0.3) is 0 Å². The first-order chi connectivity index (χ1) is 17.0. The number of hydrogen-bond acceptors (Lipinski definition) is 3. The van der Waals surface area contributed by atoms with Crippen LogP contribution < -0.4 is 4.90 Å². The Balaban J connectivity index is 1.35. The van der Waals surface area contributed by atoms with E-state index in [9.17, 15) is 14.7 Å². The molecule has 6 atom stereocenters. The Morgan fingerprint density at radius 3 is 2.23 bits per heavy atom. The second-order valence-electron chi connectivity index (χ2n) is 11.5. The van der Waals surface area contributed by atoms with Crippen LogP contribution in [0.1, 0.15) is 84.0 Å². The van der Waals surface area contributed by atoms with Crippen LogP contribution in [0.5, 0.6) is 0 Å². The maximum Gasteiger partial charge on any atom is 0.324 e. The van der Waals surface area contributed by atoms with E-state index in [1.54, 1.807) is 4.90 Å². The molecule has 1 aromatic rings. The average Bonchev–Trinajstić information content (AvgIpc) is 3.36. The van der Waals surface area contributed by atoms with E-state index in [1.165, 1.54) is 57.8 Å². The molecule has 3 saturated heterocycles. The summed E-state index contributed by atoms with van der Waals surface area (Å²) in [5.41, 5.74) is 0.952. The molecule has 1 aromatic carbocycles. The van der Waals surface area contributed by atoms with Crippen LogP contribution in [0.25, 0.3) is 0 Å². The third kappa shape index (κ3) is 5.23. The van der Waals surface area contributed by atoms with E-state index in [0.29, 0.717) is 37.6 Å². The summed E-state index contributed by atoms with van der Waals surface area (Å²) in [6, 6.07) is 12.1. The van der Waals surface area contributed by atoms with E-state index < -0.39 is 11.9 Å². The zero-order valence-corrected chi connectivity index (χ0v) is 21.4. The first-order valence-corrected chi connectivity index (χ1v) is 14.2. The predicted octanol–water partition coefficient (Wildman–Crippen LogP) is 5.76. The molecule has 4 fully saturated rings. The maximum atomic E-state index is 13.9. The predicted molar refractivity (Wildman–Crippen MR) is 139 cm³/mol. The van der Waals surface area contributed by atoms with E-state index in [1.807, 2.05) is 35.2 Å². The van der Waals surface area contributed by atoms with Gasteiger partial charge in [-0.1, -0.05) is 57.2 Å². The number of rotatable bonds is 6. The molecule has 6 nitrogen and oxygen atoms in total. The number of urea groups is 1. The lowest BCUT2D eigenvalue weighted by Gasteiger charge is -2.55. The van der Waals surface area contributed by atoms with Gasteiger partial charge in [-0.05, 0) is 63.0 Å². The first kappa shape index (κ1) is 24.6. The van der Waals surface area contributed by atoms with Crippen LogP contribution in [-0.2, 0) is 4.79 Å². The fourth-order valence-corrected chi connectivity index (χ4v) is 7.75. The maximum absolute atomic E-state index is 13.9. The van der Waals surface area contributed by atoms with E-state index >= 15 is 0 Å². The molecule has 2 amide bonds. The fourth-order valence-electron chi connectivity index (χ4n) is 7.75. The summed E-state index contributed by atoms with van der Waals surface area (Å²) in [7, 11) is 0. The number of hydrogen-bond donors (Lipinski definition) is 1. The van der Waals surface area contributed by atoms with Gasteiger partial charge in [0.2, 0.25) is 0 Å². The zero-order chi connectivity index (χ0) is 24.4. The number of carbonyl (C=O) groups is 2. The van der Waals surface area contributed by atoms with Crippen molar-refractivity contribution >= 4 is 17.7 Å². The lowest BCUT2D eigenvalue weighted by molar-refractivity contribution is -0.141. The Kier molecular flexibility index (Phi) is 7.66. The highest BCUT2D eigenvalue weighted by molar-refractivity contribution is 5.93. The van der Waals surface area contributed by atoms with Crippen LogP contribution >= 0.6 is 0 Å². The number of para-hydroxylation sites is 1. The lowest BCUT2D eigenvalue weighted by Crippen LogP contribution is -2.62. The number of piperidine rings is 2. The Bertz CT molecular complexity index is 861. The van der Waals surface area contributed by atoms with E-state index in [0.717, 1.165) is 24.4 Å². The number of aliphatic carboxylic acids is 1. The number of amides is 2. The van der Waals surface area contributed by atoms with Crippen LogP contribution in [-0.4, -0.2) is 64.2 Å². The summed E-state index contributed by atoms with van der Waals surface area (Å²) >= 11 is 0. The molecule has 192 valence electrons. The van der Waals surface area contributed by atoms with E-state index in [2.05, 4.69) is 11.8 Å². The summed E-state index contributed by atoms with van der Waals surface area (Å²) < 4.78 is 0. The first-order valence-electron chi connectivity index (χ1n) is 14.2. The third-order valence-electron chi connectivity index (χ3n) is 9.29. The molecule has 6 heteroatoms. The fraction of sp³-hybridized carbons (Fsp3) is 0.724. The average molecular weight is 482 g/mol. The van der Waals surface area contributed by atoms with Gasteiger partial charge < -0.3 is 10.0 Å². The van der Waals surface area contributed by atoms with Gasteiger partial charge in [0.15, 0.2) is 0 Å². The summed E-state index contributed by atoms with van der Waals surface area (Å²) in [4.78, 5) is 32.1. The molecule has 1 N–H and O–H groups in total. The molecular formula is C29H43N3O3. The van der Waals surface area contributed by atoms with Gasteiger partial charge in [-0.15, -0.1) is 0 Å². The van der Waals surface area contributed by atoms with Crippen LogP contribution in [0, 0.1) is 11.8 Å². The van der Waals surface area contributed by atoms with Crippen LogP contribution in [0.3, 0.4) is 0 Å². The molecule has 4 aliphatic rings. The molecule has 1 aliphatic carbocycles. The van der Waals surface area contributed by atoms with Crippen molar-refractivity contribution in [2.24, 2.45) is 11.8 Å². The molecule has 5 rings (SSSR count). The normalized spacial score (nSPS) is 33.5. The molecule has 2 bridgehead atoms. The van der Waals surface area contributed by atoms with Crippen LogP contribution in [0.4, 0.5) is 10.5 Å². The Hall–Kier alpha value is -2.08. The topological polar surface area (TPSA) is 64.1 Å². The number of anilines is 1. The Morgan fingerprint density at radius 1 is 0.943 bits per heavy atom. The van der Waals surface area contributed by atoms with Gasteiger partial charge in [0.1, 0.15) is 0 Å². The van der Waals surface area contributed by atoms with Crippen molar-refractivity contribution in [3.63, 3.8) is 0 Å². The van der Waals surface area contributed by atoms with Crippen LogP contribution in [0.2, 0.25) is 0 Å². The minimum absolute atomic E-state index is 0.00264. The van der Waals surface area contributed by atoms with Crippen LogP contribution in [0.15, 0.2) is 30.3 Å². The second-order valence-corrected chi connectivity index (χ2v) is 11.5. The third-order valence-corrected chi connectivity index (χ3v) is 9.29. The molecule has 1 saturated carbocycles. The van der Waals surface area contributed by atoms with Gasteiger partial charge >= 0.3 is 12.0 Å². The molecule has 0 radical (unpaired) electrons. The summed E-state index contributed by atoms with van der Waals surface area (Å²) in [6.07, 6.45) is 14.5. The molecule has 0 spiro atoms. The SMILES string of the molecule is CCC[C@@H]1CCC[C@@H](N2[C@@H]3CCC[C@H]2CC(N(C(=O)N2CC[C@@H](C(=O)O)C2)c2ccccc2)C3)C1. The number of fused-ring (bicyclic) bond motifs is 2. The molecule has 3 aliphatic heterocycles. The van der Waals surface area contributed by atoms with Gasteiger partial charge in [-0.25, -0.2) is 4.79 Å². The van der Waals surface area contributed by atoms with Crippen molar-refractivity contribution in [3.05, 3.63) is 30.3 Å². The number of likely N-dealkylation sites (tertiary alicyclic amines) is 1. The molecule has 0 aromatic heterocycles. The molecule has 1 unspecified atom stereocenters. The quantitative estimate of drug-likeness (QED) is 0.561. The highest BCUT2D eigenvalue weighted by atomic mass is 16.4. The smallest absolute Gasteiger partial charge is 0.324 e. The standard InChI is InChI=1S/C29H43N3O3/c1-2-8-21-9-6-12-24(17-21)31-25-13-7-14-26(31)19-27(18-25)32(23-10-4-3-5-11-23)29(35)30-16-15-22(20-30)28(33)34/h3-5,10-11,21-22,24-27H,2,6-9,12-20H2,1H3,(H,33,34)/t21-,22-,24-,25-,26+,27?/m1/s1. The largest absolute Gasteiger partial charge is 0.481 e. The molecule has 3 heterocycles. The molecule has 35 heavy (non-hydrogen) atoms. The number of carbonyl (C=O) groups excluding carboxylic acids is 1. The Labute approximate surface area is 210 Å². The van der Waals surface area contributed by atoms with Gasteiger partial charge in [0, 0.05) is 42.9 Å². The number of carboxylic acid groups (broad SMARTS) is 1. The van der Waals surface area contributed by atoms with Gasteiger partial charge in [-0.3, -0.25) is 14.6 Å². The van der Waals surface area contributed by atoms with Crippen molar-refractivity contribution in [3.8, 4) is 0 Å². The highest BCUT2D eigenvalue weighted by Gasteiger charge is 2.46. The van der Waals surface area contributed by atoms with Crippen molar-refractivity contribution in [1.29, 1.82) is 0 Å². The highest BCUT2D eigenvalue weighted by Crippen LogP contribution is 2.43. The van der Waals surface area contributed by atoms with Crippen molar-refractivity contribution < 1.29 is 14.7 Å². The number of benzene rings is 1. The van der Waals surface area contributed by atoms with E-state index in [4.69, 9.17) is 0 Å². The van der Waals surface area contributed by atoms with E-state index in [-0.39, 0.29) is 12.1 Å². The van der Waals surface area contributed by atoms with Crippen molar-refractivity contribution in [2.75, 3.05) is 18.0 Å². The van der Waals surface area contributed by atoms with Gasteiger partial charge in [-0.2, -0.15) is 0 Å². The Morgan fingerprint density at radius 2 is 1.60 bits per heavy atom. The van der Waals surface area contributed by atoms with Crippen molar-refractivity contribution in [1.82, 2.24) is 9.80 Å². The summed E-state index contributed by atoms with van der Waals surface area (Å²) in [5, 5.41) is 9.47. The lowest BCUT2D eigenvalue weighted by atomic mass is 9.75.